The number of carbonyl (C=O) groups excluding carboxylic acids is 2. The highest BCUT2D eigenvalue weighted by Gasteiger charge is 2.20. The summed E-state index contributed by atoms with van der Waals surface area (Å²) in [5.41, 5.74) is 0. The van der Waals surface area contributed by atoms with Gasteiger partial charge >= 0.3 is 5.97 Å². The number of nitrogens with one attached hydrogen (secondary N) is 1. The number of aliphatic hydroxyl groups is 2. The van der Waals surface area contributed by atoms with Crippen LogP contribution < -0.4 is 5.32 Å². The van der Waals surface area contributed by atoms with E-state index >= 15 is 0 Å². The first-order valence-electron chi connectivity index (χ1n) is 35.1. The fraction of sp³-hybridized carbons (Fsp3) is 0.915. The summed E-state index contributed by atoms with van der Waals surface area (Å²) in [7, 11) is 0. The second-order valence-electron chi connectivity index (χ2n) is 24.2. The quantitative estimate of drug-likeness (QED) is 0.0320. The molecule has 0 heterocycles. The molecule has 0 aliphatic rings. The van der Waals surface area contributed by atoms with Crippen LogP contribution in [0.5, 0.6) is 0 Å². The third-order valence-electron chi connectivity index (χ3n) is 16.5. The van der Waals surface area contributed by atoms with Gasteiger partial charge in [0.1, 0.15) is 0 Å². The Morgan fingerprint density at radius 2 is 0.649 bits per heavy atom. The Hall–Kier alpha value is -1.66. The predicted octanol–water partition coefficient (Wildman–Crippen LogP) is 22.5. The van der Waals surface area contributed by atoms with Crippen molar-refractivity contribution >= 4 is 11.9 Å². The molecule has 77 heavy (non-hydrogen) atoms. The average Bonchev–Trinajstić information content (AvgIpc) is 3.43. The minimum Gasteiger partial charge on any atom is -0.466 e. The Balaban J connectivity index is 3.29. The number of hydrogen-bond donors (Lipinski definition) is 3. The van der Waals surface area contributed by atoms with Crippen molar-refractivity contribution in [3.05, 3.63) is 24.3 Å². The van der Waals surface area contributed by atoms with Crippen LogP contribution in [0.2, 0.25) is 0 Å². The highest BCUT2D eigenvalue weighted by Crippen LogP contribution is 2.19. The largest absolute Gasteiger partial charge is 0.466 e. The summed E-state index contributed by atoms with van der Waals surface area (Å²) < 4.78 is 5.50. The number of allylic oxidation sites excluding steroid dienone is 4. The molecule has 0 aromatic rings. The van der Waals surface area contributed by atoms with E-state index in [-0.39, 0.29) is 18.5 Å². The van der Waals surface area contributed by atoms with E-state index in [1.165, 1.54) is 308 Å². The first kappa shape index (κ1) is 75.3. The van der Waals surface area contributed by atoms with Crippen molar-refractivity contribution < 1.29 is 24.5 Å². The summed E-state index contributed by atoms with van der Waals surface area (Å²) in [6.45, 7) is 4.95. The van der Waals surface area contributed by atoms with Crippen LogP contribution in [-0.4, -0.2) is 47.4 Å². The Morgan fingerprint density at radius 3 is 1.01 bits per heavy atom. The zero-order chi connectivity index (χ0) is 55.7. The van der Waals surface area contributed by atoms with Gasteiger partial charge in [0.05, 0.1) is 25.4 Å². The van der Waals surface area contributed by atoms with Crippen molar-refractivity contribution in [1.82, 2.24) is 5.32 Å². The number of esters is 1. The normalized spacial score (nSPS) is 12.6. The Labute approximate surface area is 481 Å². The number of hydrogen-bond acceptors (Lipinski definition) is 5. The van der Waals surface area contributed by atoms with Gasteiger partial charge in [-0.15, -0.1) is 0 Å². The number of amides is 1. The van der Waals surface area contributed by atoms with E-state index in [1.54, 1.807) is 0 Å². The standard InChI is InChI=1S/C71H137NO5/c1-3-5-7-9-11-13-15-16-17-34-38-41-45-49-53-57-61-65-71(76)77-66-62-58-54-50-46-42-39-36-33-31-29-27-25-23-21-19-18-20-22-24-26-28-30-32-35-37-40-44-48-52-56-60-64-70(75)72-68(67-73)69(74)63-59-55-51-47-43-14-12-10-8-6-4-2/h11,13,16-17,68-69,73-74H,3-10,12,14-15,18-67H2,1-2H3,(H,72,75)/b13-11-,17-16-. The molecule has 0 spiro atoms. The molecule has 3 N–H and O–H groups in total. The summed E-state index contributed by atoms with van der Waals surface area (Å²) >= 11 is 0. The minimum absolute atomic E-state index is 0.0139. The van der Waals surface area contributed by atoms with E-state index in [2.05, 4.69) is 43.5 Å². The summed E-state index contributed by atoms with van der Waals surface area (Å²) in [6, 6.07) is -0.536. The lowest BCUT2D eigenvalue weighted by atomic mass is 10.0. The summed E-state index contributed by atoms with van der Waals surface area (Å²) in [6.07, 6.45) is 83.8. The van der Waals surface area contributed by atoms with E-state index < -0.39 is 12.1 Å². The highest BCUT2D eigenvalue weighted by atomic mass is 16.5. The maximum atomic E-state index is 12.5. The van der Waals surface area contributed by atoms with Gasteiger partial charge in [-0.2, -0.15) is 0 Å². The molecular weight excluding hydrogens is 947 g/mol. The van der Waals surface area contributed by atoms with Crippen molar-refractivity contribution in [3.63, 3.8) is 0 Å². The number of unbranched alkanes of at least 4 members (excludes halogenated alkanes) is 51. The number of rotatable bonds is 66. The SMILES string of the molecule is CCCCC/C=C\C/C=C\CCCCCCCCCC(=O)OCCCCCCCCCCCCCCCCCCCCCCCCCCCCCCCCCCC(=O)NC(CO)C(O)CCCCCCCCCCCCC. The zero-order valence-corrected chi connectivity index (χ0v) is 52.2. The maximum absolute atomic E-state index is 12.5. The first-order valence-corrected chi connectivity index (χ1v) is 35.1. The molecule has 2 unspecified atom stereocenters. The van der Waals surface area contributed by atoms with Crippen LogP contribution >= 0.6 is 0 Å². The van der Waals surface area contributed by atoms with Gasteiger partial charge in [0.2, 0.25) is 5.91 Å². The van der Waals surface area contributed by atoms with E-state index in [0.717, 1.165) is 51.4 Å². The predicted molar refractivity (Wildman–Crippen MR) is 338 cm³/mol. The zero-order valence-electron chi connectivity index (χ0n) is 52.2. The van der Waals surface area contributed by atoms with Crippen molar-refractivity contribution in [2.24, 2.45) is 0 Å². The monoisotopic (exact) mass is 1080 g/mol. The first-order chi connectivity index (χ1) is 38.0. The Kier molecular flexibility index (Phi) is 65.4. The van der Waals surface area contributed by atoms with Gasteiger partial charge in [-0.1, -0.05) is 346 Å². The number of carbonyl (C=O) groups is 2. The fourth-order valence-corrected chi connectivity index (χ4v) is 11.1. The van der Waals surface area contributed by atoms with Gasteiger partial charge < -0.3 is 20.3 Å². The molecule has 1 amide bonds. The molecule has 0 aromatic carbocycles. The van der Waals surface area contributed by atoms with Crippen LogP contribution in [0.15, 0.2) is 24.3 Å². The smallest absolute Gasteiger partial charge is 0.305 e. The molecule has 0 aliphatic heterocycles. The molecule has 0 aromatic heterocycles. The van der Waals surface area contributed by atoms with Crippen molar-refractivity contribution in [2.45, 2.75) is 405 Å². The van der Waals surface area contributed by atoms with E-state index in [4.69, 9.17) is 4.74 Å². The van der Waals surface area contributed by atoms with Gasteiger partial charge in [0.25, 0.3) is 0 Å². The average molecular weight is 1080 g/mol. The summed E-state index contributed by atoms with van der Waals surface area (Å²) in [4.78, 5) is 24.6. The van der Waals surface area contributed by atoms with Gasteiger partial charge in [-0.3, -0.25) is 9.59 Å². The molecule has 2 atom stereocenters. The van der Waals surface area contributed by atoms with Gasteiger partial charge in [0.15, 0.2) is 0 Å². The van der Waals surface area contributed by atoms with Crippen LogP contribution in [0, 0.1) is 0 Å². The van der Waals surface area contributed by atoms with E-state index in [0.29, 0.717) is 25.9 Å². The van der Waals surface area contributed by atoms with Crippen LogP contribution in [-0.2, 0) is 14.3 Å². The van der Waals surface area contributed by atoms with E-state index in [1.807, 2.05) is 0 Å². The number of aliphatic hydroxyl groups excluding tert-OH is 2. The lowest BCUT2D eigenvalue weighted by molar-refractivity contribution is -0.143. The Bertz CT molecular complexity index is 1200. The molecule has 0 saturated carbocycles. The molecule has 6 nitrogen and oxygen atoms in total. The third-order valence-corrected chi connectivity index (χ3v) is 16.5. The highest BCUT2D eigenvalue weighted by molar-refractivity contribution is 5.76. The Morgan fingerprint density at radius 1 is 0.364 bits per heavy atom. The molecular formula is C71H137NO5. The van der Waals surface area contributed by atoms with Crippen LogP contribution in [0.4, 0.5) is 0 Å². The molecule has 6 heteroatoms. The molecule has 0 radical (unpaired) electrons. The molecule has 0 fully saturated rings. The lowest BCUT2D eigenvalue weighted by Crippen LogP contribution is -2.45. The molecule has 0 rings (SSSR count). The minimum atomic E-state index is -0.659. The topological polar surface area (TPSA) is 95.9 Å². The second kappa shape index (κ2) is 66.8. The fourth-order valence-electron chi connectivity index (χ4n) is 11.1. The molecule has 0 aliphatic carbocycles. The number of ether oxygens (including phenoxy) is 1. The van der Waals surface area contributed by atoms with Crippen molar-refractivity contribution in [1.29, 1.82) is 0 Å². The summed E-state index contributed by atoms with van der Waals surface area (Å²) in [5.74, 6) is -0.0156. The van der Waals surface area contributed by atoms with E-state index in [9.17, 15) is 19.8 Å². The van der Waals surface area contributed by atoms with Crippen LogP contribution in [0.1, 0.15) is 393 Å². The van der Waals surface area contributed by atoms with Crippen molar-refractivity contribution in [3.8, 4) is 0 Å². The van der Waals surface area contributed by atoms with Gasteiger partial charge in [0, 0.05) is 12.8 Å². The molecule has 456 valence electrons. The lowest BCUT2D eigenvalue weighted by Gasteiger charge is -2.22. The van der Waals surface area contributed by atoms with Crippen molar-refractivity contribution in [2.75, 3.05) is 13.2 Å². The molecule has 0 saturated heterocycles. The summed E-state index contributed by atoms with van der Waals surface area (Å²) in [5, 5.41) is 23.2. The maximum Gasteiger partial charge on any atom is 0.305 e. The van der Waals surface area contributed by atoms with Crippen LogP contribution in [0.25, 0.3) is 0 Å². The second-order valence-corrected chi connectivity index (χ2v) is 24.2. The van der Waals surface area contributed by atoms with Gasteiger partial charge in [-0.05, 0) is 57.8 Å². The third kappa shape index (κ3) is 63.4. The van der Waals surface area contributed by atoms with Crippen LogP contribution in [0.3, 0.4) is 0 Å². The molecule has 0 bridgehead atoms. The van der Waals surface area contributed by atoms with Gasteiger partial charge in [-0.25, -0.2) is 0 Å².